The number of pyridine rings is 1. The second-order valence-electron chi connectivity index (χ2n) is 7.14. The highest BCUT2D eigenvalue weighted by Gasteiger charge is 2.16. The molecule has 0 aliphatic heterocycles. The number of hydrogen-bond acceptors (Lipinski definition) is 4. The van der Waals surface area contributed by atoms with Gasteiger partial charge in [-0.2, -0.15) is 0 Å². The van der Waals surface area contributed by atoms with E-state index < -0.39 is 5.82 Å². The Labute approximate surface area is 185 Å². The number of aryl methyl sites for hydroxylation is 1. The predicted molar refractivity (Wildman–Crippen MR) is 122 cm³/mol. The van der Waals surface area contributed by atoms with Crippen LogP contribution in [-0.4, -0.2) is 23.7 Å². The van der Waals surface area contributed by atoms with Gasteiger partial charge in [0.05, 0.1) is 5.69 Å². The lowest BCUT2D eigenvalue weighted by Gasteiger charge is -2.18. The molecule has 0 fully saturated rings. The zero-order chi connectivity index (χ0) is 22.5. The second-order valence-corrected chi connectivity index (χ2v) is 7.55. The summed E-state index contributed by atoms with van der Waals surface area (Å²) < 4.78 is 14.6. The third-order valence-corrected chi connectivity index (χ3v) is 5.45. The van der Waals surface area contributed by atoms with Crippen LogP contribution in [0.1, 0.15) is 35.7 Å². The molecule has 0 radical (unpaired) electrons. The summed E-state index contributed by atoms with van der Waals surface area (Å²) in [6.45, 7) is 1.72. The number of halogens is 2. The van der Waals surface area contributed by atoms with Crippen molar-refractivity contribution in [3.05, 3.63) is 76.7 Å². The molecule has 3 rings (SSSR count). The first kappa shape index (κ1) is 22.4. The van der Waals surface area contributed by atoms with E-state index in [4.69, 9.17) is 17.3 Å². The van der Waals surface area contributed by atoms with E-state index in [2.05, 4.69) is 4.98 Å². The zero-order valence-corrected chi connectivity index (χ0v) is 18.1. The molecule has 0 aliphatic rings. The van der Waals surface area contributed by atoms with Crippen molar-refractivity contribution in [2.75, 3.05) is 17.7 Å². The average Bonchev–Trinajstić information content (AvgIpc) is 2.77. The normalized spacial score (nSPS) is 10.7. The molecule has 0 atom stereocenters. The molecular formula is C24H23ClFN3O2. The smallest absolute Gasteiger partial charge is 0.226 e. The standard InChI is InChI=1S/C24H23ClFN3O2/c1-3-23(31)29(2)21-10-7-16(14-20(21)26)18-9-6-17(13-19(18)25)22(30)11-8-15-5-4-12-28-24(15)27/h4-7,9-10,12-14H,3,8,11H2,1-2H3,(H2,27,28). The molecule has 1 amide bonds. The molecule has 0 spiro atoms. The third kappa shape index (κ3) is 5.09. The number of carbonyl (C=O) groups excluding carboxylic acids is 2. The van der Waals surface area contributed by atoms with Gasteiger partial charge in [-0.1, -0.05) is 42.8 Å². The van der Waals surface area contributed by atoms with Crippen LogP contribution in [-0.2, 0) is 11.2 Å². The van der Waals surface area contributed by atoms with Gasteiger partial charge >= 0.3 is 0 Å². The van der Waals surface area contributed by atoms with Crippen LogP contribution in [0.25, 0.3) is 11.1 Å². The number of benzene rings is 2. The lowest BCUT2D eigenvalue weighted by atomic mass is 9.99. The van der Waals surface area contributed by atoms with Crippen LogP contribution in [0, 0.1) is 5.82 Å². The summed E-state index contributed by atoms with van der Waals surface area (Å²) in [6.07, 6.45) is 2.64. The molecular weight excluding hydrogens is 417 g/mol. The number of ketones is 1. The van der Waals surface area contributed by atoms with Gasteiger partial charge in [0.1, 0.15) is 11.6 Å². The number of carbonyl (C=O) groups is 2. The van der Waals surface area contributed by atoms with Crippen molar-refractivity contribution >= 4 is 34.8 Å². The summed E-state index contributed by atoms with van der Waals surface area (Å²) in [4.78, 5) is 29.7. The SMILES string of the molecule is CCC(=O)N(C)c1ccc(-c2ccc(C(=O)CCc3cccnc3N)cc2Cl)cc1F. The van der Waals surface area contributed by atoms with Gasteiger partial charge in [0.15, 0.2) is 5.78 Å². The van der Waals surface area contributed by atoms with Gasteiger partial charge in [0.25, 0.3) is 0 Å². The van der Waals surface area contributed by atoms with Gasteiger partial charge in [0.2, 0.25) is 5.91 Å². The quantitative estimate of drug-likeness (QED) is 0.506. The van der Waals surface area contributed by atoms with Crippen LogP contribution in [0.15, 0.2) is 54.7 Å². The van der Waals surface area contributed by atoms with Crippen molar-refractivity contribution in [3.8, 4) is 11.1 Å². The fraction of sp³-hybridized carbons (Fsp3) is 0.208. The maximum Gasteiger partial charge on any atom is 0.226 e. The summed E-state index contributed by atoms with van der Waals surface area (Å²) in [5.74, 6) is -0.356. The molecule has 3 aromatic rings. The van der Waals surface area contributed by atoms with Crippen LogP contribution >= 0.6 is 11.6 Å². The Hall–Kier alpha value is -3.25. The second kappa shape index (κ2) is 9.71. The predicted octanol–water partition coefficient (Wildman–Crippen LogP) is 5.31. The van der Waals surface area contributed by atoms with Crippen molar-refractivity contribution in [2.45, 2.75) is 26.2 Å². The summed E-state index contributed by atoms with van der Waals surface area (Å²) >= 11 is 6.41. The molecule has 0 saturated heterocycles. The molecule has 2 aromatic carbocycles. The minimum absolute atomic E-state index is 0.0714. The van der Waals surface area contributed by atoms with Gasteiger partial charge in [-0.15, -0.1) is 0 Å². The van der Waals surface area contributed by atoms with Crippen LogP contribution < -0.4 is 10.6 Å². The first-order valence-electron chi connectivity index (χ1n) is 9.90. The number of nitrogens with two attached hydrogens (primary N) is 1. The first-order chi connectivity index (χ1) is 14.8. The Morgan fingerprint density at radius 3 is 2.58 bits per heavy atom. The van der Waals surface area contributed by atoms with Gasteiger partial charge < -0.3 is 10.6 Å². The zero-order valence-electron chi connectivity index (χ0n) is 17.4. The molecule has 31 heavy (non-hydrogen) atoms. The molecule has 1 heterocycles. The van der Waals surface area contributed by atoms with Crippen molar-refractivity contribution in [3.63, 3.8) is 0 Å². The van der Waals surface area contributed by atoms with Crippen LogP contribution in [0.2, 0.25) is 5.02 Å². The first-order valence-corrected chi connectivity index (χ1v) is 10.3. The number of Topliss-reactive ketones (excluding diaryl/α,β-unsaturated/α-hetero) is 1. The van der Waals surface area contributed by atoms with Gasteiger partial charge in [0, 0.05) is 42.2 Å². The molecule has 5 nitrogen and oxygen atoms in total. The van der Waals surface area contributed by atoms with E-state index in [1.807, 2.05) is 6.07 Å². The fourth-order valence-electron chi connectivity index (χ4n) is 3.30. The lowest BCUT2D eigenvalue weighted by Crippen LogP contribution is -2.25. The Kier molecular flexibility index (Phi) is 7.02. The highest BCUT2D eigenvalue weighted by atomic mass is 35.5. The van der Waals surface area contributed by atoms with Gasteiger partial charge in [-0.25, -0.2) is 9.37 Å². The lowest BCUT2D eigenvalue weighted by molar-refractivity contribution is -0.118. The number of rotatable bonds is 7. The minimum atomic E-state index is -0.521. The number of nitrogen functional groups attached to an aromatic ring is 1. The molecule has 0 bridgehead atoms. The Balaban J connectivity index is 1.77. The number of aromatic nitrogens is 1. The monoisotopic (exact) mass is 439 g/mol. The van der Waals surface area contributed by atoms with E-state index in [9.17, 15) is 14.0 Å². The van der Waals surface area contributed by atoms with E-state index in [1.54, 1.807) is 49.5 Å². The highest BCUT2D eigenvalue weighted by Crippen LogP contribution is 2.32. The Morgan fingerprint density at radius 2 is 1.94 bits per heavy atom. The van der Waals surface area contributed by atoms with Gasteiger partial charge in [-0.05, 0) is 41.8 Å². The summed E-state index contributed by atoms with van der Waals surface area (Å²) in [5.41, 5.74) is 8.48. The van der Waals surface area contributed by atoms with Gasteiger partial charge in [-0.3, -0.25) is 9.59 Å². The van der Waals surface area contributed by atoms with Crippen molar-refractivity contribution in [1.82, 2.24) is 4.98 Å². The highest BCUT2D eigenvalue weighted by molar-refractivity contribution is 6.33. The van der Waals surface area contributed by atoms with Crippen LogP contribution in [0.3, 0.4) is 0 Å². The van der Waals surface area contributed by atoms with Crippen molar-refractivity contribution in [1.29, 1.82) is 0 Å². The summed E-state index contributed by atoms with van der Waals surface area (Å²) in [5, 5.41) is 0.344. The van der Waals surface area contributed by atoms with Crippen LogP contribution in [0.4, 0.5) is 15.9 Å². The number of hydrogen-bond donors (Lipinski definition) is 1. The maximum absolute atomic E-state index is 14.6. The molecule has 7 heteroatoms. The number of anilines is 2. The van der Waals surface area contributed by atoms with Crippen molar-refractivity contribution in [2.24, 2.45) is 0 Å². The van der Waals surface area contributed by atoms with E-state index in [0.717, 1.165) is 5.56 Å². The largest absolute Gasteiger partial charge is 0.383 e. The minimum Gasteiger partial charge on any atom is -0.383 e. The Bertz CT molecular complexity index is 1130. The number of amides is 1. The molecule has 0 saturated carbocycles. The van der Waals surface area contributed by atoms with E-state index in [1.165, 1.54) is 18.0 Å². The van der Waals surface area contributed by atoms with Crippen LogP contribution in [0.5, 0.6) is 0 Å². The number of nitrogens with zero attached hydrogens (tertiary/aromatic N) is 2. The molecule has 0 aliphatic carbocycles. The molecule has 160 valence electrons. The molecule has 2 N–H and O–H groups in total. The molecule has 0 unspecified atom stereocenters. The average molecular weight is 440 g/mol. The van der Waals surface area contributed by atoms with Crippen molar-refractivity contribution < 1.29 is 14.0 Å². The molecule has 1 aromatic heterocycles. The summed E-state index contributed by atoms with van der Waals surface area (Å²) in [7, 11) is 1.54. The third-order valence-electron chi connectivity index (χ3n) is 5.14. The topological polar surface area (TPSA) is 76.3 Å². The van der Waals surface area contributed by atoms with E-state index >= 15 is 0 Å². The van der Waals surface area contributed by atoms with E-state index in [0.29, 0.717) is 34.0 Å². The summed E-state index contributed by atoms with van der Waals surface area (Å²) in [6, 6.07) is 13.2. The van der Waals surface area contributed by atoms with E-state index in [-0.39, 0.29) is 30.2 Å². The fourth-order valence-corrected chi connectivity index (χ4v) is 3.59. The Morgan fingerprint density at radius 1 is 1.16 bits per heavy atom. The maximum atomic E-state index is 14.6.